The molecule has 1 atom stereocenters. The van der Waals surface area contributed by atoms with Crippen molar-refractivity contribution in [2.75, 3.05) is 24.2 Å². The number of carbonyl (C=O) groups excluding carboxylic acids is 2. The Labute approximate surface area is 192 Å². The van der Waals surface area contributed by atoms with Gasteiger partial charge in [-0.1, -0.05) is 45.8 Å². The fourth-order valence-corrected chi connectivity index (χ4v) is 4.43. The predicted molar refractivity (Wildman–Crippen MR) is 126 cm³/mol. The molecule has 31 heavy (non-hydrogen) atoms. The van der Waals surface area contributed by atoms with Gasteiger partial charge in [-0.05, 0) is 50.1 Å². The highest BCUT2D eigenvalue weighted by Crippen LogP contribution is 2.24. The van der Waals surface area contributed by atoms with Gasteiger partial charge in [0, 0.05) is 18.1 Å². The third-order valence-corrected chi connectivity index (χ3v) is 6.64. The molecule has 0 bridgehead atoms. The zero-order chi connectivity index (χ0) is 23.3. The largest absolute Gasteiger partial charge is 0.357 e. The lowest BCUT2D eigenvalue weighted by Gasteiger charge is -2.31. The van der Waals surface area contributed by atoms with Crippen molar-refractivity contribution in [3.8, 4) is 0 Å². The Kier molecular flexibility index (Phi) is 8.25. The van der Waals surface area contributed by atoms with Crippen molar-refractivity contribution in [3.05, 3.63) is 63.6 Å². The number of aryl methyl sites for hydroxylation is 2. The van der Waals surface area contributed by atoms with E-state index >= 15 is 0 Å². The first-order chi connectivity index (χ1) is 14.4. The predicted octanol–water partition coefficient (Wildman–Crippen LogP) is 3.00. The minimum atomic E-state index is -3.73. The summed E-state index contributed by atoms with van der Waals surface area (Å²) in [5, 5.41) is 2.55. The first kappa shape index (κ1) is 24.9. The molecule has 7 nitrogen and oxygen atoms in total. The van der Waals surface area contributed by atoms with Gasteiger partial charge in [0.25, 0.3) is 0 Å². The van der Waals surface area contributed by atoms with Crippen LogP contribution in [-0.2, 0) is 26.2 Å². The molecule has 0 aromatic heterocycles. The number of hydrogen-bond donors (Lipinski definition) is 1. The van der Waals surface area contributed by atoms with Crippen LogP contribution in [0.15, 0.2) is 46.9 Å². The topological polar surface area (TPSA) is 86.8 Å². The monoisotopic (exact) mass is 509 g/mol. The molecule has 1 N–H and O–H groups in total. The molecule has 0 saturated carbocycles. The Morgan fingerprint density at radius 1 is 1.10 bits per heavy atom. The van der Waals surface area contributed by atoms with E-state index < -0.39 is 28.5 Å². The summed E-state index contributed by atoms with van der Waals surface area (Å²) in [4.78, 5) is 27.0. The van der Waals surface area contributed by atoms with E-state index in [4.69, 9.17) is 0 Å². The lowest BCUT2D eigenvalue weighted by atomic mass is 10.1. The Morgan fingerprint density at radius 3 is 2.23 bits per heavy atom. The minimum absolute atomic E-state index is 0.172. The van der Waals surface area contributed by atoms with Crippen LogP contribution in [0, 0.1) is 13.8 Å². The van der Waals surface area contributed by atoms with Gasteiger partial charge in [0.2, 0.25) is 21.8 Å². The third-order valence-electron chi connectivity index (χ3n) is 4.98. The highest BCUT2D eigenvalue weighted by molar-refractivity contribution is 9.10. The fraction of sp³-hybridized carbons (Fsp3) is 0.364. The van der Waals surface area contributed by atoms with Crippen LogP contribution >= 0.6 is 15.9 Å². The van der Waals surface area contributed by atoms with Crippen molar-refractivity contribution in [1.29, 1.82) is 0 Å². The van der Waals surface area contributed by atoms with Crippen LogP contribution in [0.4, 0.5) is 5.69 Å². The summed E-state index contributed by atoms with van der Waals surface area (Å²) in [6.07, 6.45) is 1.07. The van der Waals surface area contributed by atoms with E-state index in [2.05, 4.69) is 21.2 Å². The van der Waals surface area contributed by atoms with Gasteiger partial charge in [0.05, 0.1) is 11.9 Å². The number of amides is 2. The maximum atomic E-state index is 13.3. The van der Waals surface area contributed by atoms with Crippen LogP contribution in [0.25, 0.3) is 0 Å². The molecule has 2 amide bonds. The van der Waals surface area contributed by atoms with Crippen LogP contribution in [0.2, 0.25) is 0 Å². The fourth-order valence-electron chi connectivity index (χ4n) is 3.26. The maximum absolute atomic E-state index is 13.3. The summed E-state index contributed by atoms with van der Waals surface area (Å²) in [6.45, 7) is 5.11. The summed E-state index contributed by atoms with van der Waals surface area (Å²) in [5.41, 5.74) is 3.01. The Bertz CT molecular complexity index is 1050. The second-order valence-corrected chi connectivity index (χ2v) is 10.3. The van der Waals surface area contributed by atoms with Crippen molar-refractivity contribution in [2.45, 2.75) is 33.4 Å². The molecule has 0 saturated heterocycles. The molecule has 0 aliphatic carbocycles. The summed E-state index contributed by atoms with van der Waals surface area (Å²) >= 11 is 3.38. The van der Waals surface area contributed by atoms with Crippen molar-refractivity contribution in [2.24, 2.45) is 0 Å². The van der Waals surface area contributed by atoms with E-state index in [1.54, 1.807) is 26.0 Å². The smallest absolute Gasteiger partial charge is 0.244 e. The molecular formula is C22H28BrN3O4S. The lowest BCUT2D eigenvalue weighted by molar-refractivity contribution is -0.139. The van der Waals surface area contributed by atoms with Gasteiger partial charge in [-0.15, -0.1) is 0 Å². The molecule has 2 rings (SSSR count). The van der Waals surface area contributed by atoms with E-state index in [0.717, 1.165) is 31.7 Å². The van der Waals surface area contributed by atoms with Crippen molar-refractivity contribution in [3.63, 3.8) is 0 Å². The number of anilines is 1. The van der Waals surface area contributed by atoms with E-state index in [0.29, 0.717) is 5.69 Å². The summed E-state index contributed by atoms with van der Waals surface area (Å²) in [7, 11) is -2.23. The Morgan fingerprint density at radius 2 is 1.71 bits per heavy atom. The van der Waals surface area contributed by atoms with Crippen LogP contribution in [-0.4, -0.2) is 51.0 Å². The average molecular weight is 510 g/mol. The number of sulfonamides is 1. The normalized spacial score (nSPS) is 12.2. The number of halogens is 1. The first-order valence-electron chi connectivity index (χ1n) is 9.74. The second kappa shape index (κ2) is 10.3. The molecule has 0 radical (unpaired) electrons. The Hall–Kier alpha value is -2.39. The number of rotatable bonds is 8. The lowest BCUT2D eigenvalue weighted by Crippen LogP contribution is -2.50. The molecule has 0 spiro atoms. The van der Waals surface area contributed by atoms with Crippen molar-refractivity contribution >= 4 is 43.5 Å². The van der Waals surface area contributed by atoms with Crippen LogP contribution in [0.1, 0.15) is 23.6 Å². The number of nitrogens with zero attached hydrogens (tertiary/aromatic N) is 2. The highest BCUT2D eigenvalue weighted by atomic mass is 79.9. The number of hydrogen-bond acceptors (Lipinski definition) is 4. The van der Waals surface area contributed by atoms with E-state index in [1.165, 1.54) is 11.9 Å². The zero-order valence-electron chi connectivity index (χ0n) is 18.3. The SMILES string of the molecule is CNC(=O)[C@@H](C)N(Cc1ccc(Br)cc1)C(=O)CN(c1ccc(C)cc1C)S(C)(=O)=O. The molecule has 0 heterocycles. The van der Waals surface area contributed by atoms with Gasteiger partial charge < -0.3 is 10.2 Å². The van der Waals surface area contributed by atoms with Gasteiger partial charge in [-0.25, -0.2) is 8.42 Å². The summed E-state index contributed by atoms with van der Waals surface area (Å²) in [6, 6.07) is 12.0. The molecule has 168 valence electrons. The quantitative estimate of drug-likeness (QED) is 0.592. The van der Waals surface area contributed by atoms with E-state index in [9.17, 15) is 18.0 Å². The maximum Gasteiger partial charge on any atom is 0.244 e. The average Bonchev–Trinajstić information content (AvgIpc) is 2.70. The van der Waals surface area contributed by atoms with Crippen molar-refractivity contribution in [1.82, 2.24) is 10.2 Å². The molecule has 9 heteroatoms. The molecule has 0 aliphatic rings. The third kappa shape index (κ3) is 6.54. The molecule has 2 aromatic rings. The molecule has 0 fully saturated rings. The van der Waals surface area contributed by atoms with Gasteiger partial charge in [0.15, 0.2) is 0 Å². The number of carbonyl (C=O) groups is 2. The molecular weight excluding hydrogens is 482 g/mol. The number of nitrogens with one attached hydrogen (secondary N) is 1. The molecule has 2 aromatic carbocycles. The highest BCUT2D eigenvalue weighted by Gasteiger charge is 2.30. The first-order valence-corrected chi connectivity index (χ1v) is 12.4. The van der Waals surface area contributed by atoms with Crippen molar-refractivity contribution < 1.29 is 18.0 Å². The van der Waals surface area contributed by atoms with Gasteiger partial charge >= 0.3 is 0 Å². The zero-order valence-corrected chi connectivity index (χ0v) is 20.7. The van der Waals surface area contributed by atoms with E-state index in [1.807, 2.05) is 37.3 Å². The second-order valence-electron chi connectivity index (χ2n) is 7.50. The van der Waals surface area contributed by atoms with E-state index in [-0.39, 0.29) is 12.5 Å². The van der Waals surface area contributed by atoms with Gasteiger partial charge in [0.1, 0.15) is 12.6 Å². The van der Waals surface area contributed by atoms with Crippen LogP contribution < -0.4 is 9.62 Å². The molecule has 0 aliphatic heterocycles. The van der Waals surface area contributed by atoms with Crippen LogP contribution in [0.3, 0.4) is 0 Å². The molecule has 0 unspecified atom stereocenters. The van der Waals surface area contributed by atoms with Gasteiger partial charge in [-0.2, -0.15) is 0 Å². The summed E-state index contributed by atoms with van der Waals surface area (Å²) < 4.78 is 27.1. The number of benzene rings is 2. The summed E-state index contributed by atoms with van der Waals surface area (Å²) in [5.74, 6) is -0.799. The Balaban J connectivity index is 2.40. The number of likely N-dealkylation sites (N-methyl/N-ethyl adjacent to an activating group) is 1. The minimum Gasteiger partial charge on any atom is -0.357 e. The van der Waals surface area contributed by atoms with Crippen LogP contribution in [0.5, 0.6) is 0 Å². The van der Waals surface area contributed by atoms with Gasteiger partial charge in [-0.3, -0.25) is 13.9 Å². The standard InChI is InChI=1S/C22H28BrN3O4S/c1-15-6-11-20(16(2)12-15)26(31(5,29)30)14-21(27)25(17(3)22(28)24-4)13-18-7-9-19(23)10-8-18/h6-12,17H,13-14H2,1-5H3,(H,24,28)/t17-/m1/s1.